The van der Waals surface area contributed by atoms with E-state index in [0.717, 1.165) is 36.6 Å². The van der Waals surface area contributed by atoms with E-state index in [1.807, 2.05) is 23.2 Å². The summed E-state index contributed by atoms with van der Waals surface area (Å²) in [4.78, 5) is 19.5. The zero-order valence-corrected chi connectivity index (χ0v) is 15.4. The lowest BCUT2D eigenvalue weighted by molar-refractivity contribution is 0.0671. The number of hydrogen-bond donors (Lipinski definition) is 1. The summed E-state index contributed by atoms with van der Waals surface area (Å²) in [6.07, 6.45) is 2.68. The van der Waals surface area contributed by atoms with Gasteiger partial charge in [0.15, 0.2) is 11.5 Å². The summed E-state index contributed by atoms with van der Waals surface area (Å²) in [6, 6.07) is 3.97. The third kappa shape index (κ3) is 2.72. The summed E-state index contributed by atoms with van der Waals surface area (Å²) in [5, 5.41) is 3.28. The summed E-state index contributed by atoms with van der Waals surface area (Å²) in [7, 11) is 3.27. The molecule has 0 unspecified atom stereocenters. The van der Waals surface area contributed by atoms with Crippen molar-refractivity contribution in [1.29, 1.82) is 0 Å². The molecule has 4 rings (SSSR count). The minimum atomic E-state index is -0.0390. The number of carbonyl (C=O) groups excluding carboxylic acids is 1. The molecule has 1 atom stereocenters. The average molecular weight is 356 g/mol. The number of methoxy groups -OCH3 is 2. The second kappa shape index (κ2) is 6.64. The van der Waals surface area contributed by atoms with Crippen LogP contribution in [-0.2, 0) is 19.5 Å². The fourth-order valence-electron chi connectivity index (χ4n) is 3.86. The van der Waals surface area contributed by atoms with Crippen molar-refractivity contribution in [3.63, 3.8) is 0 Å². The van der Waals surface area contributed by atoms with Crippen molar-refractivity contribution in [2.75, 3.05) is 27.3 Å². The fourth-order valence-corrected chi connectivity index (χ4v) is 3.86. The summed E-state index contributed by atoms with van der Waals surface area (Å²) in [5.41, 5.74) is 2.83. The van der Waals surface area contributed by atoms with Crippen molar-refractivity contribution in [3.8, 4) is 11.5 Å². The van der Waals surface area contributed by atoms with Crippen molar-refractivity contribution in [2.45, 2.75) is 32.5 Å². The number of nitrogens with zero attached hydrogens (tertiary/aromatic N) is 3. The number of fused-ring (bicyclic) bond motifs is 2. The molecule has 2 aliphatic heterocycles. The lowest BCUT2D eigenvalue weighted by atomic mass is 9.92. The zero-order valence-electron chi connectivity index (χ0n) is 15.4. The van der Waals surface area contributed by atoms with Gasteiger partial charge in [0, 0.05) is 25.8 Å². The number of nitrogens with one attached hydrogen (secondary N) is 1. The van der Waals surface area contributed by atoms with Crippen LogP contribution in [-0.4, -0.2) is 47.7 Å². The minimum Gasteiger partial charge on any atom is -0.493 e. The van der Waals surface area contributed by atoms with E-state index in [1.54, 1.807) is 14.2 Å². The maximum atomic E-state index is 13.1. The number of aromatic nitrogens is 2. The molecule has 1 N–H and O–H groups in total. The van der Waals surface area contributed by atoms with E-state index >= 15 is 0 Å². The topological polar surface area (TPSA) is 68.6 Å². The molecule has 2 aliphatic rings. The molecule has 7 nitrogen and oxygen atoms in total. The largest absolute Gasteiger partial charge is 0.493 e. The van der Waals surface area contributed by atoms with Gasteiger partial charge in [-0.05, 0) is 36.6 Å². The molecule has 0 radical (unpaired) electrons. The first-order valence-electron chi connectivity index (χ1n) is 8.95. The molecule has 2 aromatic rings. The summed E-state index contributed by atoms with van der Waals surface area (Å²) < 4.78 is 12.9. The van der Waals surface area contributed by atoms with Crippen LogP contribution in [0.1, 0.15) is 40.4 Å². The smallest absolute Gasteiger partial charge is 0.274 e. The first kappa shape index (κ1) is 16.9. The van der Waals surface area contributed by atoms with E-state index in [1.165, 1.54) is 5.56 Å². The van der Waals surface area contributed by atoms with E-state index in [4.69, 9.17) is 9.47 Å². The van der Waals surface area contributed by atoms with Gasteiger partial charge in [0.2, 0.25) is 0 Å². The molecule has 0 aliphatic carbocycles. The fraction of sp³-hybridized carbons (Fsp3) is 0.474. The lowest BCUT2D eigenvalue weighted by Crippen LogP contribution is -2.39. The van der Waals surface area contributed by atoms with Crippen LogP contribution in [0.15, 0.2) is 18.3 Å². The van der Waals surface area contributed by atoms with E-state index in [2.05, 4.69) is 21.8 Å². The van der Waals surface area contributed by atoms with Crippen molar-refractivity contribution in [3.05, 3.63) is 41.0 Å². The van der Waals surface area contributed by atoms with Gasteiger partial charge >= 0.3 is 0 Å². The third-order valence-electron chi connectivity index (χ3n) is 5.34. The molecular formula is C19H24N4O3. The average Bonchev–Trinajstić information content (AvgIpc) is 3.11. The molecular weight excluding hydrogens is 332 g/mol. The van der Waals surface area contributed by atoms with E-state index < -0.39 is 0 Å². The van der Waals surface area contributed by atoms with Gasteiger partial charge < -0.3 is 24.3 Å². The van der Waals surface area contributed by atoms with Crippen molar-refractivity contribution in [2.24, 2.45) is 0 Å². The van der Waals surface area contributed by atoms with Crippen LogP contribution in [0.25, 0.3) is 0 Å². The number of rotatable bonds is 3. The predicted octanol–water partition coefficient (Wildman–Crippen LogP) is 1.76. The monoisotopic (exact) mass is 356 g/mol. The van der Waals surface area contributed by atoms with Gasteiger partial charge in [-0.25, -0.2) is 4.98 Å². The minimum absolute atomic E-state index is 0.0140. The molecule has 1 amide bonds. The standard InChI is InChI=1S/C19H24N4O3/c1-12-14-9-17(26-3)16(25-2)8-13(14)4-6-23(12)19(24)15-11-22-7-5-20-10-18(22)21-15/h8-9,11-12,20H,4-7,10H2,1-3H3/t12-/m1/s1. The highest BCUT2D eigenvalue weighted by Crippen LogP contribution is 2.38. The van der Waals surface area contributed by atoms with Gasteiger partial charge in [-0.15, -0.1) is 0 Å². The van der Waals surface area contributed by atoms with Crippen LogP contribution in [0.4, 0.5) is 0 Å². The number of amides is 1. The highest BCUT2D eigenvalue weighted by Gasteiger charge is 2.31. The van der Waals surface area contributed by atoms with E-state index in [0.29, 0.717) is 24.5 Å². The van der Waals surface area contributed by atoms with Crippen molar-refractivity contribution < 1.29 is 14.3 Å². The summed E-state index contributed by atoms with van der Waals surface area (Å²) >= 11 is 0. The Bertz CT molecular complexity index is 822. The van der Waals surface area contributed by atoms with Gasteiger partial charge in [0.25, 0.3) is 5.91 Å². The van der Waals surface area contributed by atoms with Crippen molar-refractivity contribution >= 4 is 5.91 Å². The van der Waals surface area contributed by atoms with Gasteiger partial charge in [-0.2, -0.15) is 0 Å². The SMILES string of the molecule is COc1cc2c(cc1OC)[C@@H](C)N(C(=O)c1cn3c(n1)CNCC3)CC2. The van der Waals surface area contributed by atoms with Crippen LogP contribution in [0.5, 0.6) is 11.5 Å². The molecule has 0 spiro atoms. The Labute approximate surface area is 152 Å². The highest BCUT2D eigenvalue weighted by molar-refractivity contribution is 5.92. The van der Waals surface area contributed by atoms with E-state index in [-0.39, 0.29) is 11.9 Å². The first-order valence-corrected chi connectivity index (χ1v) is 8.95. The Morgan fingerprint density at radius 3 is 2.73 bits per heavy atom. The molecule has 1 aromatic carbocycles. The normalized spacial score (nSPS) is 18.9. The third-order valence-corrected chi connectivity index (χ3v) is 5.34. The predicted molar refractivity (Wildman–Crippen MR) is 96.6 cm³/mol. The summed E-state index contributed by atoms with van der Waals surface area (Å²) in [6.45, 7) is 5.20. The Hall–Kier alpha value is -2.54. The Kier molecular flexibility index (Phi) is 4.32. The highest BCUT2D eigenvalue weighted by atomic mass is 16.5. The van der Waals surface area contributed by atoms with Crippen LogP contribution in [0, 0.1) is 0 Å². The number of benzene rings is 1. The number of hydrogen-bond acceptors (Lipinski definition) is 5. The van der Waals surface area contributed by atoms with Gasteiger partial charge in [-0.1, -0.05) is 0 Å². The number of imidazole rings is 1. The maximum absolute atomic E-state index is 13.1. The van der Waals surface area contributed by atoms with Gasteiger partial charge in [-0.3, -0.25) is 4.79 Å². The molecule has 0 bridgehead atoms. The van der Waals surface area contributed by atoms with Crippen LogP contribution in [0.3, 0.4) is 0 Å². The Balaban J connectivity index is 1.63. The quantitative estimate of drug-likeness (QED) is 0.908. The maximum Gasteiger partial charge on any atom is 0.274 e. The molecule has 3 heterocycles. The molecule has 26 heavy (non-hydrogen) atoms. The molecule has 0 saturated heterocycles. The second-order valence-corrected chi connectivity index (χ2v) is 6.74. The van der Waals surface area contributed by atoms with E-state index in [9.17, 15) is 4.79 Å². The van der Waals surface area contributed by atoms with Crippen LogP contribution >= 0.6 is 0 Å². The Morgan fingerprint density at radius 1 is 1.23 bits per heavy atom. The number of ether oxygens (including phenoxy) is 2. The zero-order chi connectivity index (χ0) is 18.3. The molecule has 1 aromatic heterocycles. The van der Waals surface area contributed by atoms with Gasteiger partial charge in [0.1, 0.15) is 11.5 Å². The van der Waals surface area contributed by atoms with Crippen LogP contribution in [0.2, 0.25) is 0 Å². The molecule has 0 saturated carbocycles. The Morgan fingerprint density at radius 2 is 2.00 bits per heavy atom. The molecule has 0 fully saturated rings. The lowest BCUT2D eigenvalue weighted by Gasteiger charge is -2.35. The first-order chi connectivity index (χ1) is 12.6. The molecule has 7 heteroatoms. The second-order valence-electron chi connectivity index (χ2n) is 6.74. The van der Waals surface area contributed by atoms with Crippen LogP contribution < -0.4 is 14.8 Å². The summed E-state index contributed by atoms with van der Waals surface area (Å²) in [5.74, 6) is 2.33. The molecule has 138 valence electrons. The van der Waals surface area contributed by atoms with Gasteiger partial charge in [0.05, 0.1) is 26.8 Å². The van der Waals surface area contributed by atoms with Crippen molar-refractivity contribution in [1.82, 2.24) is 19.8 Å². The number of carbonyl (C=O) groups is 1.